The highest BCUT2D eigenvalue weighted by molar-refractivity contribution is 6.34. The first kappa shape index (κ1) is 13.2. The molecule has 2 aromatic rings. The number of rotatable bonds is 4. The lowest BCUT2D eigenvalue weighted by Crippen LogP contribution is -2.04. The second kappa shape index (κ2) is 6.10. The molecule has 0 atom stereocenters. The van der Waals surface area contributed by atoms with E-state index in [9.17, 15) is 0 Å². The Hall–Kier alpha value is -1.22. The van der Waals surface area contributed by atoms with Gasteiger partial charge in [0.1, 0.15) is 11.5 Å². The molecule has 0 radical (unpaired) electrons. The van der Waals surface area contributed by atoms with Gasteiger partial charge in [-0.25, -0.2) is 0 Å². The van der Waals surface area contributed by atoms with Crippen LogP contribution in [0.3, 0.4) is 0 Å². The maximum Gasteiger partial charge on any atom is 0.147 e. The van der Waals surface area contributed by atoms with Crippen molar-refractivity contribution in [3.8, 4) is 11.5 Å². The van der Waals surface area contributed by atoms with E-state index in [-0.39, 0.29) is 0 Å². The van der Waals surface area contributed by atoms with E-state index < -0.39 is 0 Å². The van der Waals surface area contributed by atoms with Gasteiger partial charge in [-0.05, 0) is 36.9 Å². The smallest absolute Gasteiger partial charge is 0.147 e. The fourth-order valence-electron chi connectivity index (χ4n) is 1.61. The molecule has 0 aliphatic rings. The summed E-state index contributed by atoms with van der Waals surface area (Å²) in [4.78, 5) is 0. The molecule has 0 aliphatic carbocycles. The van der Waals surface area contributed by atoms with Crippen molar-refractivity contribution in [1.82, 2.24) is 5.32 Å². The topological polar surface area (TPSA) is 21.3 Å². The maximum absolute atomic E-state index is 6.05. The first-order chi connectivity index (χ1) is 8.69. The lowest BCUT2D eigenvalue weighted by atomic mass is 10.2. The number of hydrogen-bond donors (Lipinski definition) is 1. The van der Waals surface area contributed by atoms with E-state index in [0.29, 0.717) is 15.8 Å². The van der Waals surface area contributed by atoms with Crippen molar-refractivity contribution in [2.45, 2.75) is 6.54 Å². The number of ether oxygens (including phenoxy) is 1. The summed E-state index contributed by atoms with van der Waals surface area (Å²) < 4.78 is 5.73. The second-order valence-electron chi connectivity index (χ2n) is 3.85. The summed E-state index contributed by atoms with van der Waals surface area (Å²) in [6.45, 7) is 0.792. The van der Waals surface area contributed by atoms with Crippen LogP contribution in [0.25, 0.3) is 0 Å². The zero-order valence-electron chi connectivity index (χ0n) is 9.91. The summed E-state index contributed by atoms with van der Waals surface area (Å²) in [6, 6.07) is 13.0. The number of halogens is 2. The minimum atomic E-state index is 0.540. The SMILES string of the molecule is CNCc1cccc(Oc2cc(Cl)ccc2Cl)c1. The fraction of sp³-hybridized carbons (Fsp3) is 0.143. The van der Waals surface area contributed by atoms with Crippen LogP contribution < -0.4 is 10.1 Å². The van der Waals surface area contributed by atoms with Gasteiger partial charge in [0.15, 0.2) is 0 Å². The number of benzene rings is 2. The van der Waals surface area contributed by atoms with Crippen molar-refractivity contribution in [2.75, 3.05) is 7.05 Å². The van der Waals surface area contributed by atoms with Crippen LogP contribution in [0.2, 0.25) is 10.0 Å². The van der Waals surface area contributed by atoms with Crippen LogP contribution in [0.1, 0.15) is 5.56 Å². The molecule has 2 aromatic carbocycles. The van der Waals surface area contributed by atoms with Crippen molar-refractivity contribution in [1.29, 1.82) is 0 Å². The van der Waals surface area contributed by atoms with Gasteiger partial charge in [-0.3, -0.25) is 0 Å². The van der Waals surface area contributed by atoms with Gasteiger partial charge in [-0.1, -0.05) is 35.3 Å². The number of hydrogen-bond acceptors (Lipinski definition) is 2. The maximum atomic E-state index is 6.05. The Morgan fingerprint density at radius 1 is 1.11 bits per heavy atom. The second-order valence-corrected chi connectivity index (χ2v) is 4.70. The molecule has 0 aromatic heterocycles. The molecule has 0 bridgehead atoms. The van der Waals surface area contributed by atoms with Crippen molar-refractivity contribution in [3.63, 3.8) is 0 Å². The third-order valence-electron chi connectivity index (χ3n) is 2.40. The highest BCUT2D eigenvalue weighted by atomic mass is 35.5. The molecule has 1 N–H and O–H groups in total. The third-order valence-corrected chi connectivity index (χ3v) is 2.95. The summed E-state index contributed by atoms with van der Waals surface area (Å²) in [5.41, 5.74) is 1.15. The largest absolute Gasteiger partial charge is 0.456 e. The Balaban J connectivity index is 2.22. The van der Waals surface area contributed by atoms with Gasteiger partial charge in [-0.2, -0.15) is 0 Å². The van der Waals surface area contributed by atoms with E-state index in [1.165, 1.54) is 0 Å². The molecule has 2 nitrogen and oxygen atoms in total. The molecule has 2 rings (SSSR count). The van der Waals surface area contributed by atoms with E-state index in [1.807, 2.05) is 31.3 Å². The predicted octanol–water partition coefficient (Wildman–Crippen LogP) is 4.51. The summed E-state index contributed by atoms with van der Waals surface area (Å²) >= 11 is 12.0. The molecule has 0 aliphatic heterocycles. The lowest BCUT2D eigenvalue weighted by molar-refractivity contribution is 0.482. The van der Waals surface area contributed by atoms with E-state index in [4.69, 9.17) is 27.9 Å². The molecule has 0 unspecified atom stereocenters. The van der Waals surface area contributed by atoms with E-state index in [0.717, 1.165) is 17.9 Å². The first-order valence-corrected chi connectivity index (χ1v) is 6.31. The Kier molecular flexibility index (Phi) is 4.48. The monoisotopic (exact) mass is 281 g/mol. The van der Waals surface area contributed by atoms with Crippen LogP contribution in [-0.2, 0) is 6.54 Å². The summed E-state index contributed by atoms with van der Waals surface area (Å²) in [7, 11) is 1.90. The summed E-state index contributed by atoms with van der Waals surface area (Å²) in [6.07, 6.45) is 0. The van der Waals surface area contributed by atoms with E-state index >= 15 is 0 Å². The highest BCUT2D eigenvalue weighted by Crippen LogP contribution is 2.32. The average Bonchev–Trinajstić information content (AvgIpc) is 2.35. The van der Waals surface area contributed by atoms with Crippen molar-refractivity contribution >= 4 is 23.2 Å². The van der Waals surface area contributed by atoms with Gasteiger partial charge < -0.3 is 10.1 Å². The molecule has 4 heteroatoms. The Morgan fingerprint density at radius 2 is 1.94 bits per heavy atom. The van der Waals surface area contributed by atoms with Gasteiger partial charge in [0.25, 0.3) is 0 Å². The van der Waals surface area contributed by atoms with Gasteiger partial charge in [0.05, 0.1) is 5.02 Å². The van der Waals surface area contributed by atoms with E-state index in [1.54, 1.807) is 18.2 Å². The highest BCUT2D eigenvalue weighted by Gasteiger charge is 2.04. The molecule has 0 heterocycles. The zero-order valence-corrected chi connectivity index (χ0v) is 11.4. The molecule has 0 saturated carbocycles. The Labute approximate surface area is 116 Å². The van der Waals surface area contributed by atoms with Crippen molar-refractivity contribution in [3.05, 3.63) is 58.1 Å². The van der Waals surface area contributed by atoms with Gasteiger partial charge in [-0.15, -0.1) is 0 Å². The fourth-order valence-corrected chi connectivity index (χ4v) is 1.92. The minimum Gasteiger partial charge on any atom is -0.456 e. The van der Waals surface area contributed by atoms with E-state index in [2.05, 4.69) is 5.32 Å². The summed E-state index contributed by atoms with van der Waals surface area (Å²) in [5, 5.41) is 4.23. The molecule has 94 valence electrons. The third kappa shape index (κ3) is 3.39. The normalized spacial score (nSPS) is 10.4. The average molecular weight is 282 g/mol. The summed E-state index contributed by atoms with van der Waals surface area (Å²) in [5.74, 6) is 1.30. The standard InChI is InChI=1S/C14H13Cl2NO/c1-17-9-10-3-2-4-12(7-10)18-14-8-11(15)5-6-13(14)16/h2-8,17H,9H2,1H3. The molecular weight excluding hydrogens is 269 g/mol. The van der Waals surface area contributed by atoms with Gasteiger partial charge >= 0.3 is 0 Å². The van der Waals surface area contributed by atoms with Crippen LogP contribution in [0.4, 0.5) is 0 Å². The van der Waals surface area contributed by atoms with Crippen LogP contribution >= 0.6 is 23.2 Å². The Morgan fingerprint density at radius 3 is 2.72 bits per heavy atom. The Bertz CT molecular complexity index is 543. The van der Waals surface area contributed by atoms with Crippen LogP contribution in [-0.4, -0.2) is 7.05 Å². The molecule has 0 amide bonds. The van der Waals surface area contributed by atoms with Gasteiger partial charge in [0, 0.05) is 17.6 Å². The molecule has 18 heavy (non-hydrogen) atoms. The number of nitrogens with one attached hydrogen (secondary N) is 1. The van der Waals surface area contributed by atoms with Crippen LogP contribution in [0.5, 0.6) is 11.5 Å². The molecule has 0 saturated heterocycles. The molecule has 0 fully saturated rings. The van der Waals surface area contributed by atoms with Crippen LogP contribution in [0, 0.1) is 0 Å². The predicted molar refractivity (Wildman–Crippen MR) is 75.7 cm³/mol. The van der Waals surface area contributed by atoms with Crippen molar-refractivity contribution < 1.29 is 4.74 Å². The molecule has 0 spiro atoms. The molecular formula is C14H13Cl2NO. The minimum absolute atomic E-state index is 0.540. The quantitative estimate of drug-likeness (QED) is 0.891. The lowest BCUT2D eigenvalue weighted by Gasteiger charge is -2.09. The zero-order chi connectivity index (χ0) is 13.0. The van der Waals surface area contributed by atoms with Gasteiger partial charge in [0.2, 0.25) is 0 Å². The van der Waals surface area contributed by atoms with Crippen LogP contribution in [0.15, 0.2) is 42.5 Å². The first-order valence-electron chi connectivity index (χ1n) is 5.55. The van der Waals surface area contributed by atoms with Crippen molar-refractivity contribution in [2.24, 2.45) is 0 Å².